The smallest absolute Gasteiger partial charge is 0.193 e. The van der Waals surface area contributed by atoms with Crippen LogP contribution < -0.4 is 15.8 Å². The van der Waals surface area contributed by atoms with Crippen LogP contribution in [0.3, 0.4) is 0 Å². The van der Waals surface area contributed by atoms with Crippen molar-refractivity contribution in [3.8, 4) is 5.75 Å². The highest BCUT2D eigenvalue weighted by Gasteiger charge is 1.98. The van der Waals surface area contributed by atoms with Gasteiger partial charge in [-0.15, -0.1) is 0 Å². The normalized spacial score (nSPS) is 11.2. The highest BCUT2D eigenvalue weighted by Crippen LogP contribution is 2.13. The van der Waals surface area contributed by atoms with Crippen molar-refractivity contribution in [2.45, 2.75) is 13.8 Å². The fourth-order valence-corrected chi connectivity index (χ4v) is 2.08. The predicted octanol–water partition coefficient (Wildman–Crippen LogP) is 3.11. The Hall–Kier alpha value is -2.49. The molecule has 2 rings (SSSR count). The van der Waals surface area contributed by atoms with E-state index in [4.69, 9.17) is 10.5 Å². The van der Waals surface area contributed by atoms with Crippen molar-refractivity contribution < 1.29 is 4.74 Å². The number of hydrogen-bond acceptors (Lipinski definition) is 2. The summed E-state index contributed by atoms with van der Waals surface area (Å²) in [6.07, 6.45) is 0. The van der Waals surface area contributed by atoms with Gasteiger partial charge in [-0.1, -0.05) is 24.3 Å². The van der Waals surface area contributed by atoms with E-state index >= 15 is 0 Å². The summed E-state index contributed by atoms with van der Waals surface area (Å²) in [6.45, 7) is 5.12. The lowest BCUT2D eigenvalue weighted by Gasteiger charge is -2.08. The Labute approximate surface area is 125 Å². The maximum Gasteiger partial charge on any atom is 0.193 e. The first-order valence-corrected chi connectivity index (χ1v) is 6.96. The number of rotatable bonds is 5. The Morgan fingerprint density at radius 2 is 1.76 bits per heavy atom. The van der Waals surface area contributed by atoms with Crippen molar-refractivity contribution in [2.24, 2.45) is 10.7 Å². The molecule has 0 aromatic heterocycles. The van der Waals surface area contributed by atoms with Crippen LogP contribution >= 0.6 is 0 Å². The number of nitrogens with two attached hydrogens (primary N) is 1. The third kappa shape index (κ3) is 5.18. The fraction of sp³-hybridized carbons (Fsp3) is 0.235. The molecule has 0 saturated carbocycles. The summed E-state index contributed by atoms with van der Waals surface area (Å²) in [5.74, 6) is 1.24. The van der Waals surface area contributed by atoms with Crippen LogP contribution in [0.15, 0.2) is 53.5 Å². The van der Waals surface area contributed by atoms with Crippen LogP contribution in [0.2, 0.25) is 0 Å². The highest BCUT2D eigenvalue weighted by atomic mass is 16.5. The summed E-state index contributed by atoms with van der Waals surface area (Å²) in [7, 11) is 0. The molecule has 2 aromatic carbocycles. The monoisotopic (exact) mass is 283 g/mol. The second kappa shape index (κ2) is 7.33. The van der Waals surface area contributed by atoms with Gasteiger partial charge in [0.2, 0.25) is 0 Å². The van der Waals surface area contributed by atoms with E-state index in [0.29, 0.717) is 19.1 Å². The molecule has 0 fully saturated rings. The van der Waals surface area contributed by atoms with E-state index in [0.717, 1.165) is 11.4 Å². The number of guanidine groups is 1. The minimum Gasteiger partial charge on any atom is -0.492 e. The van der Waals surface area contributed by atoms with Gasteiger partial charge in [0.25, 0.3) is 0 Å². The lowest BCUT2D eigenvalue weighted by Crippen LogP contribution is -2.23. The number of nitrogens with one attached hydrogen (secondary N) is 1. The maximum absolute atomic E-state index is 5.87. The third-order valence-corrected chi connectivity index (χ3v) is 2.88. The number of nitrogens with zero attached hydrogens (tertiary/aromatic N) is 1. The SMILES string of the molecule is Cc1cc(C)cc(NC(N)=NCCOc2ccccc2)c1. The maximum atomic E-state index is 5.87. The van der Waals surface area contributed by atoms with E-state index < -0.39 is 0 Å². The van der Waals surface area contributed by atoms with E-state index in [1.54, 1.807) is 0 Å². The third-order valence-electron chi connectivity index (χ3n) is 2.88. The van der Waals surface area contributed by atoms with Crippen LogP contribution in [-0.2, 0) is 0 Å². The van der Waals surface area contributed by atoms with Gasteiger partial charge in [0.05, 0.1) is 6.54 Å². The van der Waals surface area contributed by atoms with Crippen LogP contribution in [0.5, 0.6) is 5.75 Å². The largest absolute Gasteiger partial charge is 0.492 e. The van der Waals surface area contributed by atoms with Gasteiger partial charge in [-0.3, -0.25) is 0 Å². The molecule has 4 heteroatoms. The average Bonchev–Trinajstić information content (AvgIpc) is 2.43. The molecule has 0 spiro atoms. The summed E-state index contributed by atoms with van der Waals surface area (Å²) < 4.78 is 5.55. The van der Waals surface area contributed by atoms with Gasteiger partial charge in [0, 0.05) is 5.69 Å². The van der Waals surface area contributed by atoms with E-state index in [9.17, 15) is 0 Å². The zero-order chi connectivity index (χ0) is 15.1. The van der Waals surface area contributed by atoms with Crippen molar-refractivity contribution in [3.63, 3.8) is 0 Å². The van der Waals surface area contributed by atoms with Crippen molar-refractivity contribution in [1.82, 2.24) is 0 Å². The fourth-order valence-electron chi connectivity index (χ4n) is 2.08. The Morgan fingerprint density at radius 1 is 1.10 bits per heavy atom. The van der Waals surface area contributed by atoms with Crippen LogP contribution in [0.4, 0.5) is 5.69 Å². The summed E-state index contributed by atoms with van der Waals surface area (Å²) in [5.41, 5.74) is 9.21. The van der Waals surface area contributed by atoms with Gasteiger partial charge >= 0.3 is 0 Å². The molecule has 0 aliphatic rings. The number of benzene rings is 2. The number of anilines is 1. The predicted molar refractivity (Wildman–Crippen MR) is 88.0 cm³/mol. The molecular weight excluding hydrogens is 262 g/mol. The molecule has 0 radical (unpaired) electrons. The first-order valence-electron chi connectivity index (χ1n) is 6.96. The van der Waals surface area contributed by atoms with Gasteiger partial charge < -0.3 is 15.8 Å². The van der Waals surface area contributed by atoms with E-state index in [2.05, 4.69) is 30.2 Å². The second-order valence-electron chi connectivity index (χ2n) is 4.93. The molecule has 110 valence electrons. The molecule has 0 aliphatic heterocycles. The highest BCUT2D eigenvalue weighted by molar-refractivity contribution is 5.92. The minimum absolute atomic E-state index is 0.400. The van der Waals surface area contributed by atoms with Crippen LogP contribution in [0, 0.1) is 13.8 Å². The number of ether oxygens (including phenoxy) is 1. The Morgan fingerprint density at radius 3 is 2.43 bits per heavy atom. The van der Waals surface area contributed by atoms with Crippen molar-refractivity contribution in [3.05, 3.63) is 59.7 Å². The van der Waals surface area contributed by atoms with Gasteiger partial charge in [-0.05, 0) is 49.2 Å². The number of aryl methyl sites for hydroxylation is 2. The van der Waals surface area contributed by atoms with Crippen LogP contribution in [0.1, 0.15) is 11.1 Å². The molecule has 4 nitrogen and oxygen atoms in total. The van der Waals surface area contributed by atoms with Gasteiger partial charge in [-0.2, -0.15) is 0 Å². The van der Waals surface area contributed by atoms with Crippen LogP contribution in [0.25, 0.3) is 0 Å². The van der Waals surface area contributed by atoms with Crippen molar-refractivity contribution >= 4 is 11.6 Å². The Kier molecular flexibility index (Phi) is 5.21. The topological polar surface area (TPSA) is 59.6 Å². The standard InChI is InChI=1S/C17H21N3O/c1-13-10-14(2)12-15(11-13)20-17(18)19-8-9-21-16-6-4-3-5-7-16/h3-7,10-12H,8-9H2,1-2H3,(H3,18,19,20). The molecule has 0 heterocycles. The molecule has 0 saturated heterocycles. The second-order valence-corrected chi connectivity index (χ2v) is 4.93. The van der Waals surface area contributed by atoms with E-state index in [1.165, 1.54) is 11.1 Å². The zero-order valence-electron chi connectivity index (χ0n) is 12.5. The van der Waals surface area contributed by atoms with Crippen molar-refractivity contribution in [1.29, 1.82) is 0 Å². The molecular formula is C17H21N3O. The molecule has 0 unspecified atom stereocenters. The molecule has 2 aromatic rings. The molecule has 3 N–H and O–H groups in total. The van der Waals surface area contributed by atoms with E-state index in [1.807, 2.05) is 42.5 Å². The molecule has 0 aliphatic carbocycles. The molecule has 0 atom stereocenters. The molecule has 0 amide bonds. The van der Waals surface area contributed by atoms with Crippen molar-refractivity contribution in [2.75, 3.05) is 18.5 Å². The van der Waals surface area contributed by atoms with Gasteiger partial charge in [0.15, 0.2) is 5.96 Å². The average molecular weight is 283 g/mol. The first kappa shape index (κ1) is 14.9. The number of hydrogen-bond donors (Lipinski definition) is 2. The minimum atomic E-state index is 0.400. The Bertz CT molecular complexity index is 588. The summed E-state index contributed by atoms with van der Waals surface area (Å²) in [4.78, 5) is 4.25. The summed E-state index contributed by atoms with van der Waals surface area (Å²) >= 11 is 0. The zero-order valence-corrected chi connectivity index (χ0v) is 12.5. The Balaban J connectivity index is 1.81. The summed E-state index contributed by atoms with van der Waals surface area (Å²) in [5, 5.41) is 3.09. The van der Waals surface area contributed by atoms with Crippen LogP contribution in [-0.4, -0.2) is 19.1 Å². The summed E-state index contributed by atoms with van der Waals surface area (Å²) in [6, 6.07) is 15.9. The lowest BCUT2D eigenvalue weighted by atomic mass is 10.1. The first-order chi connectivity index (χ1) is 10.1. The molecule has 21 heavy (non-hydrogen) atoms. The number of aliphatic imine (C=N–C) groups is 1. The van der Waals surface area contributed by atoms with Gasteiger partial charge in [0.1, 0.15) is 12.4 Å². The van der Waals surface area contributed by atoms with E-state index in [-0.39, 0.29) is 0 Å². The number of para-hydroxylation sites is 1. The lowest BCUT2D eigenvalue weighted by molar-refractivity contribution is 0.329. The molecule has 0 bridgehead atoms. The quantitative estimate of drug-likeness (QED) is 0.503. The van der Waals surface area contributed by atoms with Gasteiger partial charge in [-0.25, -0.2) is 4.99 Å².